The summed E-state index contributed by atoms with van der Waals surface area (Å²) in [5, 5.41) is 12.0. The third-order valence-electron chi connectivity index (χ3n) is 2.72. The maximum atomic E-state index is 11.6. The molecular formula is C10H14N2O2S2. The van der Waals surface area contributed by atoms with Gasteiger partial charge in [0.1, 0.15) is 0 Å². The lowest BCUT2D eigenvalue weighted by atomic mass is 9.89. The number of carbonyl (C=O) groups is 1. The molecule has 1 aromatic heterocycles. The van der Waals surface area contributed by atoms with E-state index in [0.717, 1.165) is 10.6 Å². The lowest BCUT2D eigenvalue weighted by Crippen LogP contribution is -2.47. The number of rotatable bonds is 3. The van der Waals surface area contributed by atoms with Crippen LogP contribution in [-0.4, -0.2) is 28.1 Å². The van der Waals surface area contributed by atoms with Crippen molar-refractivity contribution >= 4 is 29.5 Å². The van der Waals surface area contributed by atoms with Crippen LogP contribution < -0.4 is 5.32 Å². The van der Waals surface area contributed by atoms with Gasteiger partial charge < -0.3 is 15.4 Å². The van der Waals surface area contributed by atoms with Crippen molar-refractivity contribution in [2.75, 3.05) is 0 Å². The number of aliphatic hydroxyl groups excluding tert-OH is 1. The van der Waals surface area contributed by atoms with E-state index in [0.29, 0.717) is 23.2 Å². The smallest absolute Gasteiger partial charge is 0.225 e. The topological polar surface area (TPSA) is 65.1 Å². The van der Waals surface area contributed by atoms with Crippen LogP contribution in [0, 0.1) is 10.9 Å². The molecule has 0 aromatic carbocycles. The van der Waals surface area contributed by atoms with Crippen molar-refractivity contribution < 1.29 is 9.90 Å². The Balaban J connectivity index is 1.87. The maximum Gasteiger partial charge on any atom is 0.225 e. The summed E-state index contributed by atoms with van der Waals surface area (Å²) < 4.78 is 0.708. The van der Waals surface area contributed by atoms with E-state index in [1.165, 1.54) is 11.3 Å². The van der Waals surface area contributed by atoms with E-state index >= 15 is 0 Å². The van der Waals surface area contributed by atoms with Crippen molar-refractivity contribution in [3.8, 4) is 0 Å². The van der Waals surface area contributed by atoms with Crippen LogP contribution in [0.4, 0.5) is 0 Å². The van der Waals surface area contributed by atoms with Crippen molar-refractivity contribution in [2.24, 2.45) is 0 Å². The Morgan fingerprint density at radius 3 is 2.88 bits per heavy atom. The van der Waals surface area contributed by atoms with Gasteiger partial charge in [-0.2, -0.15) is 0 Å². The highest BCUT2D eigenvalue weighted by Crippen LogP contribution is 2.20. The van der Waals surface area contributed by atoms with Gasteiger partial charge in [0.2, 0.25) is 5.91 Å². The monoisotopic (exact) mass is 258 g/mol. The highest BCUT2D eigenvalue weighted by atomic mass is 32.1. The van der Waals surface area contributed by atoms with Crippen LogP contribution in [0.1, 0.15) is 23.4 Å². The molecule has 0 saturated heterocycles. The number of H-pyrrole nitrogens is 1. The molecule has 1 aliphatic carbocycles. The van der Waals surface area contributed by atoms with Crippen LogP contribution in [0.5, 0.6) is 0 Å². The largest absolute Gasteiger partial charge is 0.393 e. The van der Waals surface area contributed by atoms with Gasteiger partial charge in [-0.1, -0.05) is 0 Å². The van der Waals surface area contributed by atoms with Gasteiger partial charge >= 0.3 is 0 Å². The molecule has 3 N–H and O–H groups in total. The lowest BCUT2D eigenvalue weighted by molar-refractivity contribution is -0.122. The predicted molar refractivity (Wildman–Crippen MR) is 65.1 cm³/mol. The minimum atomic E-state index is -0.235. The maximum absolute atomic E-state index is 11.6. The van der Waals surface area contributed by atoms with Crippen LogP contribution in [0.3, 0.4) is 0 Å². The summed E-state index contributed by atoms with van der Waals surface area (Å²) in [6, 6.07) is 0.148. The van der Waals surface area contributed by atoms with E-state index in [2.05, 4.69) is 10.3 Å². The van der Waals surface area contributed by atoms with Crippen LogP contribution in [0.2, 0.25) is 0 Å². The Morgan fingerprint density at radius 1 is 1.69 bits per heavy atom. The Morgan fingerprint density at radius 2 is 2.38 bits per heavy atom. The normalized spacial score (nSPS) is 23.9. The number of aliphatic hydroxyl groups is 1. The van der Waals surface area contributed by atoms with Crippen molar-refractivity contribution in [3.05, 3.63) is 14.5 Å². The van der Waals surface area contributed by atoms with Crippen molar-refractivity contribution in [3.63, 3.8) is 0 Å². The number of nitrogens with one attached hydrogen (secondary N) is 2. The molecule has 0 spiro atoms. The number of thiazole rings is 1. The first-order valence-corrected chi connectivity index (χ1v) is 6.43. The first-order chi connectivity index (χ1) is 7.54. The summed E-state index contributed by atoms with van der Waals surface area (Å²) in [7, 11) is 0. The molecule has 1 saturated carbocycles. The molecular weight excluding hydrogens is 244 g/mol. The molecule has 0 bridgehead atoms. The fourth-order valence-corrected chi connectivity index (χ4v) is 3.03. The van der Waals surface area contributed by atoms with Gasteiger partial charge in [-0.25, -0.2) is 0 Å². The number of carbonyl (C=O) groups excluding carboxylic acids is 1. The van der Waals surface area contributed by atoms with Crippen LogP contribution in [0.25, 0.3) is 0 Å². The second-order valence-electron chi connectivity index (χ2n) is 4.13. The second-order valence-corrected chi connectivity index (χ2v) is 5.90. The van der Waals surface area contributed by atoms with E-state index < -0.39 is 0 Å². The number of amides is 1. The summed E-state index contributed by atoms with van der Waals surface area (Å²) in [6.07, 6.45) is 1.48. The summed E-state index contributed by atoms with van der Waals surface area (Å²) in [4.78, 5) is 15.7. The van der Waals surface area contributed by atoms with Gasteiger partial charge in [-0.05, 0) is 32.0 Å². The highest BCUT2D eigenvalue weighted by molar-refractivity contribution is 7.73. The summed E-state index contributed by atoms with van der Waals surface area (Å²) >= 11 is 6.45. The van der Waals surface area contributed by atoms with E-state index in [4.69, 9.17) is 17.3 Å². The zero-order valence-corrected chi connectivity index (χ0v) is 10.6. The quantitative estimate of drug-likeness (QED) is 0.716. The van der Waals surface area contributed by atoms with Gasteiger partial charge in [0.25, 0.3) is 0 Å². The summed E-state index contributed by atoms with van der Waals surface area (Å²) in [5.74, 6) is 0.00486. The number of hydrogen-bond donors (Lipinski definition) is 3. The molecule has 0 aliphatic heterocycles. The minimum Gasteiger partial charge on any atom is -0.393 e. The van der Waals surface area contributed by atoms with Crippen molar-refractivity contribution in [1.82, 2.24) is 10.3 Å². The molecule has 0 atom stereocenters. The van der Waals surface area contributed by atoms with Gasteiger partial charge in [-0.15, -0.1) is 11.3 Å². The van der Waals surface area contributed by atoms with Crippen molar-refractivity contribution in [1.29, 1.82) is 0 Å². The molecule has 6 heteroatoms. The Kier molecular flexibility index (Phi) is 3.41. The van der Waals surface area contributed by atoms with Crippen molar-refractivity contribution in [2.45, 2.75) is 38.3 Å². The zero-order chi connectivity index (χ0) is 11.7. The average Bonchev–Trinajstić information content (AvgIpc) is 2.42. The highest BCUT2D eigenvalue weighted by Gasteiger charge is 2.28. The Hall–Kier alpha value is -0.720. The summed E-state index contributed by atoms with van der Waals surface area (Å²) in [5.41, 5.74) is 0.971. The molecule has 0 radical (unpaired) electrons. The van der Waals surface area contributed by atoms with E-state index in [-0.39, 0.29) is 18.1 Å². The third kappa shape index (κ3) is 2.69. The predicted octanol–water partition coefficient (Wildman–Crippen LogP) is 1.30. The molecule has 1 heterocycles. The molecule has 1 aliphatic rings. The first kappa shape index (κ1) is 11.8. The number of aromatic amines is 1. The van der Waals surface area contributed by atoms with Gasteiger partial charge in [-0.3, -0.25) is 4.79 Å². The van der Waals surface area contributed by atoms with Gasteiger partial charge in [0.05, 0.1) is 12.5 Å². The Bertz CT molecular complexity index is 446. The lowest BCUT2D eigenvalue weighted by Gasteiger charge is -2.31. The number of aryl methyl sites for hydroxylation is 1. The second kappa shape index (κ2) is 4.65. The third-order valence-corrected chi connectivity index (χ3v) is 4.06. The zero-order valence-electron chi connectivity index (χ0n) is 8.95. The van der Waals surface area contributed by atoms with Gasteiger partial charge in [0.15, 0.2) is 3.95 Å². The number of hydrogen-bond acceptors (Lipinski definition) is 4. The van der Waals surface area contributed by atoms with Crippen LogP contribution in [-0.2, 0) is 11.2 Å². The van der Waals surface area contributed by atoms with E-state index in [1.807, 2.05) is 6.92 Å². The molecule has 16 heavy (non-hydrogen) atoms. The molecule has 4 nitrogen and oxygen atoms in total. The SMILES string of the molecule is Cc1[nH]c(=S)sc1CC(=O)NC1CC(O)C1. The van der Waals surface area contributed by atoms with E-state index in [9.17, 15) is 4.79 Å². The Labute approximate surface area is 103 Å². The van der Waals surface area contributed by atoms with Gasteiger partial charge in [0, 0.05) is 16.6 Å². The molecule has 0 unspecified atom stereocenters. The standard InChI is InChI=1S/C10H14N2O2S2/c1-5-8(16-10(15)11-5)4-9(14)12-6-2-7(13)3-6/h6-7,13H,2-4H2,1H3,(H,11,15)(H,12,14). The molecule has 88 valence electrons. The average molecular weight is 258 g/mol. The minimum absolute atomic E-state index is 0.00486. The van der Waals surface area contributed by atoms with E-state index in [1.54, 1.807) is 0 Å². The summed E-state index contributed by atoms with van der Waals surface area (Å²) in [6.45, 7) is 1.92. The number of aromatic nitrogens is 1. The first-order valence-electron chi connectivity index (χ1n) is 5.20. The molecule has 1 aromatic rings. The van der Waals surface area contributed by atoms with Crippen LogP contribution >= 0.6 is 23.6 Å². The molecule has 1 fully saturated rings. The molecule has 2 rings (SSSR count). The van der Waals surface area contributed by atoms with Crippen LogP contribution in [0.15, 0.2) is 0 Å². The molecule has 1 amide bonds. The fourth-order valence-electron chi connectivity index (χ4n) is 1.74. The fraction of sp³-hybridized carbons (Fsp3) is 0.600.